The highest BCUT2D eigenvalue weighted by atomic mass is 79.9. The van der Waals surface area contributed by atoms with Crippen LogP contribution in [0.1, 0.15) is 23.2 Å². The Balaban J connectivity index is 1.95. The highest BCUT2D eigenvalue weighted by molar-refractivity contribution is 9.10. The van der Waals surface area contributed by atoms with Crippen molar-refractivity contribution in [2.75, 3.05) is 13.7 Å². The summed E-state index contributed by atoms with van der Waals surface area (Å²) in [6, 6.07) is 5.29. The molecule has 4 nitrogen and oxygen atoms in total. The number of hydrogen-bond acceptors (Lipinski definition) is 3. The minimum absolute atomic E-state index is 0.123. The molecule has 0 heterocycles. The lowest BCUT2D eigenvalue weighted by atomic mass is 9.82. The first-order chi connectivity index (χ1) is 8.60. The maximum Gasteiger partial charge on any atom is 0.252 e. The van der Waals surface area contributed by atoms with E-state index in [4.69, 9.17) is 4.74 Å². The minimum Gasteiger partial charge on any atom is -0.497 e. The molecule has 18 heavy (non-hydrogen) atoms. The number of benzene rings is 1. The van der Waals surface area contributed by atoms with E-state index in [1.807, 2.05) is 0 Å². The van der Waals surface area contributed by atoms with Crippen molar-refractivity contribution in [3.8, 4) is 5.75 Å². The van der Waals surface area contributed by atoms with Gasteiger partial charge in [0.05, 0.1) is 18.8 Å². The Bertz CT molecular complexity index is 444. The van der Waals surface area contributed by atoms with Gasteiger partial charge in [-0.25, -0.2) is 0 Å². The summed E-state index contributed by atoms with van der Waals surface area (Å²) in [6.07, 6.45) is 1.37. The van der Waals surface area contributed by atoms with E-state index >= 15 is 0 Å². The second-order valence-corrected chi connectivity index (χ2v) is 5.40. The molecular weight excluding hydrogens is 298 g/mol. The summed E-state index contributed by atoms with van der Waals surface area (Å²) in [6.45, 7) is 0.611. The number of amides is 1. The molecule has 2 N–H and O–H groups in total. The number of carbonyl (C=O) groups is 1. The van der Waals surface area contributed by atoms with E-state index in [2.05, 4.69) is 21.2 Å². The van der Waals surface area contributed by atoms with Crippen LogP contribution < -0.4 is 10.1 Å². The van der Waals surface area contributed by atoms with Gasteiger partial charge < -0.3 is 15.2 Å². The molecule has 0 spiro atoms. The van der Waals surface area contributed by atoms with E-state index in [0.29, 0.717) is 23.8 Å². The zero-order valence-corrected chi connectivity index (χ0v) is 11.7. The molecule has 0 unspecified atom stereocenters. The van der Waals surface area contributed by atoms with Gasteiger partial charge in [0, 0.05) is 11.0 Å². The molecule has 1 amide bonds. The fraction of sp³-hybridized carbons (Fsp3) is 0.462. The van der Waals surface area contributed by atoms with Gasteiger partial charge >= 0.3 is 0 Å². The first-order valence-corrected chi connectivity index (χ1v) is 6.69. The van der Waals surface area contributed by atoms with Gasteiger partial charge in [0.2, 0.25) is 0 Å². The van der Waals surface area contributed by atoms with Crippen LogP contribution in [0.15, 0.2) is 22.7 Å². The SMILES string of the molecule is COc1ccc(Br)c(C(=O)NCC2CC(O)C2)c1. The molecule has 98 valence electrons. The summed E-state index contributed by atoms with van der Waals surface area (Å²) in [5, 5.41) is 12.1. The van der Waals surface area contributed by atoms with Gasteiger partial charge in [0.1, 0.15) is 5.75 Å². The largest absolute Gasteiger partial charge is 0.497 e. The number of rotatable bonds is 4. The van der Waals surface area contributed by atoms with Crippen LogP contribution in [0.5, 0.6) is 5.75 Å². The molecule has 1 saturated carbocycles. The molecule has 0 bridgehead atoms. The van der Waals surface area contributed by atoms with Crippen molar-refractivity contribution >= 4 is 21.8 Å². The number of aliphatic hydroxyl groups is 1. The van der Waals surface area contributed by atoms with Crippen LogP contribution in [-0.4, -0.2) is 30.8 Å². The fourth-order valence-electron chi connectivity index (χ4n) is 2.00. The number of carbonyl (C=O) groups excluding carboxylic acids is 1. The first-order valence-electron chi connectivity index (χ1n) is 5.90. The second-order valence-electron chi connectivity index (χ2n) is 4.55. The molecule has 1 aliphatic carbocycles. The van der Waals surface area contributed by atoms with Gasteiger partial charge in [-0.1, -0.05) is 0 Å². The van der Waals surface area contributed by atoms with E-state index in [1.165, 1.54) is 0 Å². The van der Waals surface area contributed by atoms with Gasteiger partial charge in [0.25, 0.3) is 5.91 Å². The van der Waals surface area contributed by atoms with Crippen LogP contribution in [0, 0.1) is 5.92 Å². The van der Waals surface area contributed by atoms with Crippen LogP contribution in [-0.2, 0) is 0 Å². The Morgan fingerprint density at radius 1 is 1.56 bits per heavy atom. The van der Waals surface area contributed by atoms with Crippen LogP contribution in [0.3, 0.4) is 0 Å². The Labute approximate surface area is 114 Å². The van der Waals surface area contributed by atoms with E-state index in [1.54, 1.807) is 25.3 Å². The van der Waals surface area contributed by atoms with Crippen LogP contribution in [0.25, 0.3) is 0 Å². The number of ether oxygens (including phenoxy) is 1. The molecule has 1 aromatic rings. The summed E-state index contributed by atoms with van der Waals surface area (Å²) < 4.78 is 5.84. The van der Waals surface area contributed by atoms with Gasteiger partial charge in [-0.3, -0.25) is 4.79 Å². The zero-order valence-electron chi connectivity index (χ0n) is 10.1. The molecule has 0 aliphatic heterocycles. The molecule has 0 atom stereocenters. The topological polar surface area (TPSA) is 58.6 Å². The summed E-state index contributed by atoms with van der Waals surface area (Å²) in [4.78, 5) is 12.0. The molecular formula is C13H16BrNO3. The molecule has 0 radical (unpaired) electrons. The lowest BCUT2D eigenvalue weighted by Gasteiger charge is -2.31. The van der Waals surface area contributed by atoms with Crippen molar-refractivity contribution in [1.29, 1.82) is 0 Å². The fourth-order valence-corrected chi connectivity index (χ4v) is 2.43. The van der Waals surface area contributed by atoms with Gasteiger partial charge in [0.15, 0.2) is 0 Å². The predicted molar refractivity (Wildman–Crippen MR) is 71.8 cm³/mol. The first kappa shape index (κ1) is 13.4. The number of nitrogens with one attached hydrogen (secondary N) is 1. The second kappa shape index (κ2) is 5.71. The lowest BCUT2D eigenvalue weighted by Crippen LogP contribution is -2.38. The molecule has 0 aromatic heterocycles. The highest BCUT2D eigenvalue weighted by Gasteiger charge is 2.27. The molecule has 1 aromatic carbocycles. The number of hydrogen-bond donors (Lipinski definition) is 2. The molecule has 1 fully saturated rings. The quantitative estimate of drug-likeness (QED) is 0.893. The van der Waals surface area contributed by atoms with Crippen molar-refractivity contribution in [3.05, 3.63) is 28.2 Å². The van der Waals surface area contributed by atoms with Crippen molar-refractivity contribution < 1.29 is 14.6 Å². The molecule has 2 rings (SSSR count). The third kappa shape index (κ3) is 3.03. The highest BCUT2D eigenvalue weighted by Crippen LogP contribution is 2.27. The van der Waals surface area contributed by atoms with Crippen molar-refractivity contribution in [3.63, 3.8) is 0 Å². The van der Waals surface area contributed by atoms with Crippen molar-refractivity contribution in [1.82, 2.24) is 5.32 Å². The summed E-state index contributed by atoms with van der Waals surface area (Å²) >= 11 is 3.35. The summed E-state index contributed by atoms with van der Waals surface area (Å²) in [5.74, 6) is 0.929. The Kier molecular flexibility index (Phi) is 4.24. The standard InChI is InChI=1S/C13H16BrNO3/c1-18-10-2-3-12(14)11(6-10)13(17)15-7-8-4-9(16)5-8/h2-3,6,8-9,16H,4-5,7H2,1H3,(H,15,17). The number of methoxy groups -OCH3 is 1. The zero-order chi connectivity index (χ0) is 13.1. The predicted octanol–water partition coefficient (Wildman–Crippen LogP) is 1.96. The molecule has 0 saturated heterocycles. The van der Waals surface area contributed by atoms with E-state index < -0.39 is 0 Å². The maximum absolute atomic E-state index is 12.0. The van der Waals surface area contributed by atoms with Crippen LogP contribution in [0.4, 0.5) is 0 Å². The molecule has 1 aliphatic rings. The van der Waals surface area contributed by atoms with Crippen LogP contribution in [0.2, 0.25) is 0 Å². The minimum atomic E-state index is -0.185. The van der Waals surface area contributed by atoms with Crippen molar-refractivity contribution in [2.45, 2.75) is 18.9 Å². The van der Waals surface area contributed by atoms with E-state index in [-0.39, 0.29) is 12.0 Å². The Morgan fingerprint density at radius 2 is 2.28 bits per heavy atom. The summed E-state index contributed by atoms with van der Waals surface area (Å²) in [7, 11) is 1.57. The summed E-state index contributed by atoms with van der Waals surface area (Å²) in [5.41, 5.74) is 0.564. The van der Waals surface area contributed by atoms with E-state index in [9.17, 15) is 9.90 Å². The normalized spacial score (nSPS) is 22.2. The number of aliphatic hydroxyl groups excluding tert-OH is 1. The van der Waals surface area contributed by atoms with E-state index in [0.717, 1.165) is 17.3 Å². The third-order valence-corrected chi connectivity index (χ3v) is 3.87. The van der Waals surface area contributed by atoms with Gasteiger partial charge in [-0.2, -0.15) is 0 Å². The maximum atomic E-state index is 12.0. The Hall–Kier alpha value is -1.07. The van der Waals surface area contributed by atoms with Gasteiger partial charge in [-0.15, -0.1) is 0 Å². The number of halogens is 1. The average Bonchev–Trinajstić information content (AvgIpc) is 2.33. The van der Waals surface area contributed by atoms with Crippen molar-refractivity contribution in [2.24, 2.45) is 5.92 Å². The molecule has 5 heteroatoms. The van der Waals surface area contributed by atoms with Crippen LogP contribution >= 0.6 is 15.9 Å². The average molecular weight is 314 g/mol. The third-order valence-electron chi connectivity index (χ3n) is 3.18. The Morgan fingerprint density at radius 3 is 2.89 bits per heavy atom. The lowest BCUT2D eigenvalue weighted by molar-refractivity contribution is 0.0420. The smallest absolute Gasteiger partial charge is 0.252 e. The van der Waals surface area contributed by atoms with Gasteiger partial charge in [-0.05, 0) is 52.9 Å². The monoisotopic (exact) mass is 313 g/mol.